The van der Waals surface area contributed by atoms with Gasteiger partial charge in [0.2, 0.25) is 0 Å². The summed E-state index contributed by atoms with van der Waals surface area (Å²) in [6.45, 7) is 5.86. The Hall–Kier alpha value is -2.76. The second kappa shape index (κ2) is 9.97. The van der Waals surface area contributed by atoms with Crippen molar-refractivity contribution in [3.8, 4) is 11.5 Å². The molecule has 0 aliphatic rings. The molecular weight excluding hydrogens is 360 g/mol. The molecule has 0 fully saturated rings. The van der Waals surface area contributed by atoms with Crippen LogP contribution in [-0.4, -0.2) is 14.2 Å². The Labute approximate surface area is 164 Å². The third kappa shape index (κ3) is 4.94. The molecular formula is C22H28O6. The smallest absolute Gasteiger partial charge is 0.339 e. The van der Waals surface area contributed by atoms with Crippen molar-refractivity contribution < 1.29 is 18.3 Å². The van der Waals surface area contributed by atoms with Crippen LogP contribution in [-0.2, 0) is 6.42 Å². The Balaban J connectivity index is 2.60. The van der Waals surface area contributed by atoms with E-state index in [9.17, 15) is 9.59 Å². The van der Waals surface area contributed by atoms with Crippen molar-refractivity contribution in [3.63, 3.8) is 0 Å². The number of allylic oxidation sites excluding steroid dienone is 1. The van der Waals surface area contributed by atoms with Gasteiger partial charge in [-0.3, -0.25) is 0 Å². The molecule has 1 unspecified atom stereocenters. The second-order valence-electron chi connectivity index (χ2n) is 6.57. The standard InChI is InChI=1S/C22H28O6/c1-6-8-10-16-17(25-4)12-21(24)28-18(16)11-15(9-7-2)22-14(3)27-20(23)13-19(22)26-5/h8,10,12-13,15H,6-7,9,11H2,1-5H3/b10-8+. The monoisotopic (exact) mass is 388 g/mol. The summed E-state index contributed by atoms with van der Waals surface area (Å²) in [5.74, 6) is 1.98. The third-order valence-electron chi connectivity index (χ3n) is 4.62. The van der Waals surface area contributed by atoms with Gasteiger partial charge in [-0.25, -0.2) is 9.59 Å². The number of hydrogen-bond donors (Lipinski definition) is 0. The summed E-state index contributed by atoms with van der Waals surface area (Å²) in [6, 6.07) is 2.70. The van der Waals surface area contributed by atoms with Gasteiger partial charge in [0, 0.05) is 12.0 Å². The maximum Gasteiger partial charge on any atom is 0.339 e. The second-order valence-corrected chi connectivity index (χ2v) is 6.57. The van der Waals surface area contributed by atoms with Crippen LogP contribution >= 0.6 is 0 Å². The summed E-state index contributed by atoms with van der Waals surface area (Å²) < 4.78 is 21.7. The summed E-state index contributed by atoms with van der Waals surface area (Å²) in [5, 5.41) is 0. The van der Waals surface area contributed by atoms with Crippen LogP contribution < -0.4 is 20.7 Å². The molecule has 0 radical (unpaired) electrons. The SMILES string of the molecule is CC/C=C/c1c(OC)cc(=O)oc1CC(CCC)c1c(OC)cc(=O)oc1C. The Morgan fingerprint density at radius 2 is 1.68 bits per heavy atom. The maximum atomic E-state index is 12.1. The van der Waals surface area contributed by atoms with E-state index in [1.807, 2.05) is 19.1 Å². The molecule has 0 aliphatic heterocycles. The van der Waals surface area contributed by atoms with Crippen LogP contribution in [0.1, 0.15) is 61.7 Å². The van der Waals surface area contributed by atoms with Crippen LogP contribution in [0.4, 0.5) is 0 Å². The minimum atomic E-state index is -0.459. The molecule has 2 heterocycles. The lowest BCUT2D eigenvalue weighted by Gasteiger charge is -2.21. The zero-order valence-corrected chi connectivity index (χ0v) is 17.2. The number of methoxy groups -OCH3 is 2. The maximum absolute atomic E-state index is 12.1. The third-order valence-corrected chi connectivity index (χ3v) is 4.62. The summed E-state index contributed by atoms with van der Waals surface area (Å²) in [4.78, 5) is 23.8. The Morgan fingerprint density at radius 1 is 1.04 bits per heavy atom. The lowest BCUT2D eigenvalue weighted by Crippen LogP contribution is -2.13. The van der Waals surface area contributed by atoms with E-state index in [0.29, 0.717) is 29.4 Å². The highest BCUT2D eigenvalue weighted by Gasteiger charge is 2.24. The van der Waals surface area contributed by atoms with E-state index >= 15 is 0 Å². The molecule has 0 saturated carbocycles. The van der Waals surface area contributed by atoms with Crippen molar-refractivity contribution in [2.45, 2.75) is 52.4 Å². The van der Waals surface area contributed by atoms with E-state index in [4.69, 9.17) is 18.3 Å². The van der Waals surface area contributed by atoms with Gasteiger partial charge in [-0.2, -0.15) is 0 Å². The highest BCUT2D eigenvalue weighted by atomic mass is 16.5. The minimum absolute atomic E-state index is 0.0478. The molecule has 2 rings (SSSR count). The zero-order chi connectivity index (χ0) is 20.7. The van der Waals surface area contributed by atoms with Crippen LogP contribution in [0.5, 0.6) is 11.5 Å². The average molecular weight is 388 g/mol. The Kier molecular flexibility index (Phi) is 7.67. The van der Waals surface area contributed by atoms with Crippen LogP contribution in [0.3, 0.4) is 0 Å². The van der Waals surface area contributed by atoms with Crippen LogP contribution in [0.25, 0.3) is 6.08 Å². The molecule has 0 amide bonds. The minimum Gasteiger partial charge on any atom is -0.496 e. The summed E-state index contributed by atoms with van der Waals surface area (Å²) >= 11 is 0. The molecule has 0 bridgehead atoms. The van der Waals surface area contributed by atoms with E-state index in [2.05, 4.69) is 6.92 Å². The quantitative estimate of drug-likeness (QED) is 0.631. The highest BCUT2D eigenvalue weighted by Crippen LogP contribution is 2.36. The molecule has 0 saturated heterocycles. The molecule has 0 spiro atoms. The Bertz CT molecular complexity index is 935. The summed E-state index contributed by atoms with van der Waals surface area (Å²) in [5.41, 5.74) is 0.658. The molecule has 1 atom stereocenters. The largest absolute Gasteiger partial charge is 0.496 e. The molecule has 28 heavy (non-hydrogen) atoms. The lowest BCUT2D eigenvalue weighted by atomic mass is 9.88. The van der Waals surface area contributed by atoms with Gasteiger partial charge in [0.1, 0.15) is 23.0 Å². The first kappa shape index (κ1) is 21.5. The van der Waals surface area contributed by atoms with Gasteiger partial charge in [0.25, 0.3) is 0 Å². The summed E-state index contributed by atoms with van der Waals surface area (Å²) in [6.07, 6.45) is 6.91. The van der Waals surface area contributed by atoms with Crippen LogP contribution in [0.2, 0.25) is 0 Å². The first-order valence-corrected chi connectivity index (χ1v) is 9.51. The van der Waals surface area contributed by atoms with E-state index < -0.39 is 11.3 Å². The fraction of sp³-hybridized carbons (Fsp3) is 0.455. The molecule has 6 heteroatoms. The van der Waals surface area contributed by atoms with Crippen LogP contribution in [0, 0.1) is 6.92 Å². The van der Waals surface area contributed by atoms with Gasteiger partial charge in [-0.1, -0.05) is 32.4 Å². The predicted octanol–water partition coefficient (Wildman–Crippen LogP) is 4.47. The van der Waals surface area contributed by atoms with Crippen molar-refractivity contribution in [2.24, 2.45) is 0 Å². The Morgan fingerprint density at radius 3 is 2.29 bits per heavy atom. The normalized spacial score (nSPS) is 12.3. The van der Waals surface area contributed by atoms with Gasteiger partial charge < -0.3 is 18.3 Å². The lowest BCUT2D eigenvalue weighted by molar-refractivity contribution is 0.366. The molecule has 2 aromatic rings. The van der Waals surface area contributed by atoms with E-state index in [0.717, 1.165) is 30.4 Å². The first-order chi connectivity index (χ1) is 13.4. The van der Waals surface area contributed by atoms with Crippen molar-refractivity contribution in [2.75, 3.05) is 14.2 Å². The fourth-order valence-electron chi connectivity index (χ4n) is 3.43. The fourth-order valence-corrected chi connectivity index (χ4v) is 3.43. The molecule has 0 aromatic carbocycles. The highest BCUT2D eigenvalue weighted by molar-refractivity contribution is 5.59. The van der Waals surface area contributed by atoms with Gasteiger partial charge in [-0.05, 0) is 25.7 Å². The molecule has 0 aliphatic carbocycles. The van der Waals surface area contributed by atoms with Crippen molar-refractivity contribution in [1.29, 1.82) is 0 Å². The molecule has 6 nitrogen and oxygen atoms in total. The first-order valence-electron chi connectivity index (χ1n) is 9.51. The molecule has 152 valence electrons. The number of rotatable bonds is 9. The average Bonchev–Trinajstić information content (AvgIpc) is 2.65. The van der Waals surface area contributed by atoms with Gasteiger partial charge in [0.05, 0.1) is 31.9 Å². The molecule has 0 N–H and O–H groups in total. The van der Waals surface area contributed by atoms with Crippen LogP contribution in [0.15, 0.2) is 36.6 Å². The van der Waals surface area contributed by atoms with Crippen molar-refractivity contribution in [3.05, 3.63) is 61.7 Å². The number of hydrogen-bond acceptors (Lipinski definition) is 6. The zero-order valence-electron chi connectivity index (χ0n) is 17.2. The van der Waals surface area contributed by atoms with Crippen molar-refractivity contribution >= 4 is 6.08 Å². The predicted molar refractivity (Wildman–Crippen MR) is 108 cm³/mol. The van der Waals surface area contributed by atoms with Gasteiger partial charge in [0.15, 0.2) is 0 Å². The number of ether oxygens (including phenoxy) is 2. The van der Waals surface area contributed by atoms with Gasteiger partial charge in [-0.15, -0.1) is 0 Å². The van der Waals surface area contributed by atoms with E-state index in [-0.39, 0.29) is 5.92 Å². The number of aryl methyl sites for hydroxylation is 1. The van der Waals surface area contributed by atoms with Gasteiger partial charge >= 0.3 is 11.3 Å². The topological polar surface area (TPSA) is 78.9 Å². The molecule has 2 aromatic heterocycles. The van der Waals surface area contributed by atoms with E-state index in [1.165, 1.54) is 26.4 Å². The van der Waals surface area contributed by atoms with Crippen molar-refractivity contribution in [1.82, 2.24) is 0 Å². The summed E-state index contributed by atoms with van der Waals surface area (Å²) in [7, 11) is 3.06. The van der Waals surface area contributed by atoms with E-state index in [1.54, 1.807) is 6.92 Å².